The first-order valence-electron chi connectivity index (χ1n) is 8.77. The molecule has 0 saturated heterocycles. The number of carboxylic acid groups (broad SMARTS) is 1. The minimum absolute atomic E-state index is 0.0347. The van der Waals surface area contributed by atoms with E-state index in [9.17, 15) is 9.59 Å². The molecule has 3 rings (SSSR count). The van der Waals surface area contributed by atoms with Crippen LogP contribution < -0.4 is 5.32 Å². The van der Waals surface area contributed by atoms with Gasteiger partial charge >= 0.3 is 5.97 Å². The number of carboxylic acids is 1. The Balaban J connectivity index is 1.58. The number of amides is 1. The average molecular weight is 337 g/mol. The van der Waals surface area contributed by atoms with Gasteiger partial charge in [0.05, 0.1) is 12.0 Å². The summed E-state index contributed by atoms with van der Waals surface area (Å²) < 4.78 is 0. The molecule has 1 saturated carbocycles. The van der Waals surface area contributed by atoms with Crippen molar-refractivity contribution in [3.05, 3.63) is 71.3 Å². The molecule has 25 heavy (non-hydrogen) atoms. The van der Waals surface area contributed by atoms with Gasteiger partial charge in [-0.3, -0.25) is 4.79 Å². The van der Waals surface area contributed by atoms with Crippen molar-refractivity contribution in [2.24, 2.45) is 5.92 Å². The maximum Gasteiger partial charge on any atom is 0.335 e. The van der Waals surface area contributed by atoms with Crippen LogP contribution in [0.15, 0.2) is 54.6 Å². The molecule has 2 N–H and O–H groups in total. The first-order valence-corrected chi connectivity index (χ1v) is 8.77. The summed E-state index contributed by atoms with van der Waals surface area (Å²) >= 11 is 0. The molecule has 0 spiro atoms. The van der Waals surface area contributed by atoms with Crippen molar-refractivity contribution in [3.63, 3.8) is 0 Å². The van der Waals surface area contributed by atoms with E-state index in [1.807, 2.05) is 18.2 Å². The van der Waals surface area contributed by atoms with Crippen molar-refractivity contribution in [3.8, 4) is 0 Å². The highest BCUT2D eigenvalue weighted by atomic mass is 16.4. The molecule has 0 aromatic heterocycles. The van der Waals surface area contributed by atoms with Crippen molar-refractivity contribution < 1.29 is 14.7 Å². The Kier molecular flexibility index (Phi) is 5.49. The van der Waals surface area contributed by atoms with E-state index in [1.165, 1.54) is 11.6 Å². The highest BCUT2D eigenvalue weighted by Gasteiger charge is 2.28. The van der Waals surface area contributed by atoms with Gasteiger partial charge in [-0.2, -0.15) is 0 Å². The van der Waals surface area contributed by atoms with Gasteiger partial charge < -0.3 is 10.4 Å². The fourth-order valence-electron chi connectivity index (χ4n) is 3.65. The van der Waals surface area contributed by atoms with Crippen LogP contribution in [0, 0.1) is 5.92 Å². The molecule has 4 nitrogen and oxygen atoms in total. The number of carbonyl (C=O) groups excluding carboxylic acids is 1. The van der Waals surface area contributed by atoms with Crippen molar-refractivity contribution in [2.75, 3.05) is 0 Å². The lowest BCUT2D eigenvalue weighted by Crippen LogP contribution is -2.38. The first kappa shape index (κ1) is 17.2. The standard InChI is InChI=1S/C21H23NO3/c23-20(14-16-8-4-10-18(13-16)21(24)25)22-19-11-5-9-17(19)12-15-6-2-1-3-7-15/h1-4,6-8,10,13,17,19H,5,9,11-12,14H2,(H,22,23)(H,24,25). The summed E-state index contributed by atoms with van der Waals surface area (Å²) in [5, 5.41) is 12.2. The van der Waals surface area contributed by atoms with Gasteiger partial charge in [0.2, 0.25) is 5.91 Å². The quantitative estimate of drug-likeness (QED) is 0.848. The molecule has 0 heterocycles. The number of hydrogen-bond acceptors (Lipinski definition) is 2. The molecule has 2 aromatic rings. The predicted octanol–water partition coefficient (Wildman–Crippen LogP) is 3.45. The SMILES string of the molecule is O=C(Cc1cccc(C(=O)O)c1)NC1CCCC1Cc1ccccc1. The lowest BCUT2D eigenvalue weighted by Gasteiger charge is -2.21. The minimum atomic E-state index is -0.971. The largest absolute Gasteiger partial charge is 0.478 e. The van der Waals surface area contributed by atoms with E-state index in [1.54, 1.807) is 18.2 Å². The Labute approximate surface area is 147 Å². The topological polar surface area (TPSA) is 66.4 Å². The van der Waals surface area contributed by atoms with Crippen LogP contribution in [0.3, 0.4) is 0 Å². The van der Waals surface area contributed by atoms with Crippen LogP contribution in [0.1, 0.15) is 40.7 Å². The van der Waals surface area contributed by atoms with Gasteiger partial charge in [0.25, 0.3) is 0 Å². The molecule has 130 valence electrons. The summed E-state index contributed by atoms with van der Waals surface area (Å²) in [6.45, 7) is 0. The van der Waals surface area contributed by atoms with Crippen LogP contribution in [0.4, 0.5) is 0 Å². The number of rotatable bonds is 6. The molecule has 2 aromatic carbocycles. The number of nitrogens with one attached hydrogen (secondary N) is 1. The molecular weight excluding hydrogens is 314 g/mol. The zero-order chi connectivity index (χ0) is 17.6. The Morgan fingerprint density at radius 3 is 2.52 bits per heavy atom. The predicted molar refractivity (Wildman–Crippen MR) is 96.5 cm³/mol. The van der Waals surface area contributed by atoms with Gasteiger partial charge in [-0.15, -0.1) is 0 Å². The minimum Gasteiger partial charge on any atom is -0.478 e. The average Bonchev–Trinajstić information content (AvgIpc) is 3.02. The van der Waals surface area contributed by atoms with E-state index in [-0.39, 0.29) is 23.9 Å². The fraction of sp³-hybridized carbons (Fsp3) is 0.333. The van der Waals surface area contributed by atoms with Crippen molar-refractivity contribution in [1.29, 1.82) is 0 Å². The molecule has 4 heteroatoms. The van der Waals surface area contributed by atoms with Crippen LogP contribution in [0.25, 0.3) is 0 Å². The first-order chi connectivity index (χ1) is 12.1. The molecule has 1 aliphatic rings. The number of aromatic carboxylic acids is 1. The van der Waals surface area contributed by atoms with Gasteiger partial charge in [0, 0.05) is 6.04 Å². The van der Waals surface area contributed by atoms with Crippen LogP contribution in [0.5, 0.6) is 0 Å². The normalized spacial score (nSPS) is 19.5. The van der Waals surface area contributed by atoms with Crippen molar-refractivity contribution in [2.45, 2.75) is 38.1 Å². The zero-order valence-electron chi connectivity index (χ0n) is 14.2. The molecule has 1 amide bonds. The Hall–Kier alpha value is -2.62. The summed E-state index contributed by atoms with van der Waals surface area (Å²) in [6.07, 6.45) is 4.49. The van der Waals surface area contributed by atoms with E-state index >= 15 is 0 Å². The van der Waals surface area contributed by atoms with Gasteiger partial charge in [0.1, 0.15) is 0 Å². The Morgan fingerprint density at radius 2 is 1.76 bits per heavy atom. The fourth-order valence-corrected chi connectivity index (χ4v) is 3.65. The third-order valence-corrected chi connectivity index (χ3v) is 4.88. The number of benzene rings is 2. The summed E-state index contributed by atoms with van der Waals surface area (Å²) in [5.74, 6) is -0.537. The van der Waals surface area contributed by atoms with Crippen LogP contribution >= 0.6 is 0 Å². The molecule has 1 aliphatic carbocycles. The van der Waals surface area contributed by atoms with E-state index in [4.69, 9.17) is 5.11 Å². The molecular formula is C21H23NO3. The third kappa shape index (κ3) is 4.69. The number of carbonyl (C=O) groups is 2. The van der Waals surface area contributed by atoms with Crippen molar-refractivity contribution in [1.82, 2.24) is 5.32 Å². The van der Waals surface area contributed by atoms with Crippen LogP contribution in [0.2, 0.25) is 0 Å². The highest BCUT2D eigenvalue weighted by Crippen LogP contribution is 2.29. The molecule has 0 aliphatic heterocycles. The monoisotopic (exact) mass is 337 g/mol. The molecule has 1 fully saturated rings. The van der Waals surface area contributed by atoms with Crippen LogP contribution in [-0.2, 0) is 17.6 Å². The van der Waals surface area contributed by atoms with Crippen molar-refractivity contribution >= 4 is 11.9 Å². The summed E-state index contributed by atoms with van der Waals surface area (Å²) in [6, 6.07) is 17.2. The van der Waals surface area contributed by atoms with E-state index in [2.05, 4.69) is 17.4 Å². The van der Waals surface area contributed by atoms with Crippen LogP contribution in [-0.4, -0.2) is 23.0 Å². The summed E-state index contributed by atoms with van der Waals surface area (Å²) in [4.78, 5) is 23.4. The van der Waals surface area contributed by atoms with Gasteiger partial charge in [-0.1, -0.05) is 48.9 Å². The maximum absolute atomic E-state index is 12.4. The second kappa shape index (κ2) is 7.97. The maximum atomic E-state index is 12.4. The Morgan fingerprint density at radius 1 is 1.00 bits per heavy atom. The van der Waals surface area contributed by atoms with Gasteiger partial charge in [-0.25, -0.2) is 4.79 Å². The lowest BCUT2D eigenvalue weighted by atomic mass is 9.94. The summed E-state index contributed by atoms with van der Waals surface area (Å²) in [7, 11) is 0. The van der Waals surface area contributed by atoms with E-state index in [0.29, 0.717) is 5.92 Å². The van der Waals surface area contributed by atoms with Gasteiger partial charge in [0.15, 0.2) is 0 Å². The smallest absolute Gasteiger partial charge is 0.335 e. The molecule has 2 unspecified atom stereocenters. The Bertz CT molecular complexity index is 742. The second-order valence-electron chi connectivity index (χ2n) is 6.74. The molecule has 2 atom stereocenters. The second-order valence-corrected chi connectivity index (χ2v) is 6.74. The van der Waals surface area contributed by atoms with E-state index < -0.39 is 5.97 Å². The third-order valence-electron chi connectivity index (χ3n) is 4.88. The number of hydrogen-bond donors (Lipinski definition) is 2. The highest BCUT2D eigenvalue weighted by molar-refractivity contribution is 5.88. The zero-order valence-corrected chi connectivity index (χ0v) is 14.2. The van der Waals surface area contributed by atoms with Gasteiger partial charge in [-0.05, 0) is 48.4 Å². The molecule has 0 bridgehead atoms. The summed E-state index contributed by atoms with van der Waals surface area (Å²) in [5.41, 5.74) is 2.26. The lowest BCUT2D eigenvalue weighted by molar-refractivity contribution is -0.121. The van der Waals surface area contributed by atoms with E-state index in [0.717, 1.165) is 31.2 Å². The molecule has 0 radical (unpaired) electrons.